The van der Waals surface area contributed by atoms with E-state index in [9.17, 15) is 9.59 Å². The monoisotopic (exact) mass is 363 g/mol. The van der Waals surface area contributed by atoms with Gasteiger partial charge in [0.1, 0.15) is 6.17 Å². The van der Waals surface area contributed by atoms with E-state index in [1.165, 1.54) is 5.56 Å². The number of amides is 2. The maximum Gasteiger partial charge on any atom is 0.257 e. The number of nitrogens with zero attached hydrogens (tertiary/aromatic N) is 2. The molecular formula is C22H25N3O2. The van der Waals surface area contributed by atoms with Crippen LogP contribution < -0.4 is 10.2 Å². The summed E-state index contributed by atoms with van der Waals surface area (Å²) >= 11 is 0. The zero-order chi connectivity index (χ0) is 19.0. The fourth-order valence-corrected chi connectivity index (χ4v) is 4.09. The number of anilines is 2. The predicted molar refractivity (Wildman–Crippen MR) is 107 cm³/mol. The first-order valence-corrected chi connectivity index (χ1v) is 9.66. The van der Waals surface area contributed by atoms with Gasteiger partial charge >= 0.3 is 0 Å². The predicted octanol–water partition coefficient (Wildman–Crippen LogP) is 3.90. The Morgan fingerprint density at radius 2 is 2.04 bits per heavy atom. The number of piperidine rings is 1. The number of carbonyl (C=O) groups is 2. The summed E-state index contributed by atoms with van der Waals surface area (Å²) in [4.78, 5) is 29.7. The summed E-state index contributed by atoms with van der Waals surface area (Å²) in [6.45, 7) is 2.90. The maximum absolute atomic E-state index is 12.8. The van der Waals surface area contributed by atoms with Crippen LogP contribution in [0.4, 0.5) is 11.4 Å². The highest BCUT2D eigenvalue weighted by Gasteiger charge is 2.37. The molecule has 5 nitrogen and oxygen atoms in total. The van der Waals surface area contributed by atoms with E-state index < -0.39 is 0 Å². The molecule has 0 aromatic heterocycles. The summed E-state index contributed by atoms with van der Waals surface area (Å²) in [5, 5.41) is 2.97. The second-order valence-electron chi connectivity index (χ2n) is 7.33. The van der Waals surface area contributed by atoms with Gasteiger partial charge in [-0.25, -0.2) is 0 Å². The molecule has 140 valence electrons. The van der Waals surface area contributed by atoms with Crippen LogP contribution in [-0.2, 0) is 6.42 Å². The van der Waals surface area contributed by atoms with Gasteiger partial charge in [-0.15, -0.1) is 0 Å². The van der Waals surface area contributed by atoms with E-state index in [0.717, 1.165) is 43.6 Å². The Labute approximate surface area is 160 Å². The topological polar surface area (TPSA) is 52.7 Å². The summed E-state index contributed by atoms with van der Waals surface area (Å²) in [5.74, 6) is -0.0756. The summed E-state index contributed by atoms with van der Waals surface area (Å²) in [5.41, 5.74) is 4.07. The first kappa shape index (κ1) is 17.6. The first-order valence-electron chi connectivity index (χ1n) is 9.66. The second kappa shape index (κ2) is 7.06. The molecule has 2 heterocycles. The number of hydrogen-bond acceptors (Lipinski definition) is 3. The number of benzene rings is 2. The van der Waals surface area contributed by atoms with Gasteiger partial charge in [0, 0.05) is 24.8 Å². The molecule has 2 amide bonds. The number of aryl methyl sites for hydroxylation is 1. The van der Waals surface area contributed by atoms with Crippen molar-refractivity contribution in [1.29, 1.82) is 0 Å². The normalized spacial score (nSPS) is 18.7. The van der Waals surface area contributed by atoms with E-state index in [1.807, 2.05) is 42.3 Å². The molecule has 0 bridgehead atoms. The molecule has 0 radical (unpaired) electrons. The highest BCUT2D eigenvalue weighted by Crippen LogP contribution is 2.34. The minimum atomic E-state index is -0.155. The average Bonchev–Trinajstić information content (AvgIpc) is 2.71. The molecule has 27 heavy (non-hydrogen) atoms. The lowest BCUT2D eigenvalue weighted by molar-refractivity contribution is 0.0589. The van der Waals surface area contributed by atoms with Crippen LogP contribution in [-0.4, -0.2) is 36.5 Å². The second-order valence-corrected chi connectivity index (χ2v) is 7.33. The minimum Gasteiger partial charge on any atom is -0.354 e. The molecule has 0 saturated carbocycles. The SMILES string of the molecule is CCc1cccc(NC(=O)c2ccc3c(c2)N(C)C2CCCCN2C3=O)c1. The molecule has 2 aliphatic heterocycles. The van der Waals surface area contributed by atoms with Crippen molar-refractivity contribution in [3.05, 3.63) is 59.2 Å². The molecule has 2 aromatic carbocycles. The zero-order valence-corrected chi connectivity index (χ0v) is 15.9. The molecular weight excluding hydrogens is 338 g/mol. The lowest BCUT2D eigenvalue weighted by Gasteiger charge is -2.46. The third kappa shape index (κ3) is 3.18. The fraction of sp³-hybridized carbons (Fsp3) is 0.364. The molecule has 1 unspecified atom stereocenters. The van der Waals surface area contributed by atoms with Crippen LogP contribution >= 0.6 is 0 Å². The van der Waals surface area contributed by atoms with Crippen LogP contribution in [0, 0.1) is 0 Å². The van der Waals surface area contributed by atoms with E-state index in [0.29, 0.717) is 11.1 Å². The lowest BCUT2D eigenvalue weighted by Crippen LogP contribution is -2.55. The maximum atomic E-state index is 12.8. The number of rotatable bonds is 3. The van der Waals surface area contributed by atoms with Crippen molar-refractivity contribution >= 4 is 23.2 Å². The quantitative estimate of drug-likeness (QED) is 0.900. The molecule has 5 heteroatoms. The van der Waals surface area contributed by atoms with Crippen LogP contribution in [0.3, 0.4) is 0 Å². The van der Waals surface area contributed by atoms with Crippen LogP contribution in [0.15, 0.2) is 42.5 Å². The number of nitrogens with one attached hydrogen (secondary N) is 1. The molecule has 4 rings (SSSR count). The van der Waals surface area contributed by atoms with Gasteiger partial charge in [0.15, 0.2) is 0 Å². The number of carbonyl (C=O) groups excluding carboxylic acids is 2. The standard InChI is InChI=1S/C22H25N3O2/c1-3-15-7-6-8-17(13-15)23-21(26)16-10-11-18-19(14-16)24(2)20-9-4-5-12-25(20)22(18)27/h6-8,10-11,13-14,20H,3-5,9,12H2,1-2H3,(H,23,26). The van der Waals surface area contributed by atoms with Crippen LogP contribution in [0.2, 0.25) is 0 Å². The third-order valence-corrected chi connectivity index (χ3v) is 5.64. The summed E-state index contributed by atoms with van der Waals surface area (Å²) in [6, 6.07) is 13.3. The average molecular weight is 363 g/mol. The largest absolute Gasteiger partial charge is 0.354 e. The number of fused-ring (bicyclic) bond motifs is 2. The lowest BCUT2D eigenvalue weighted by atomic mass is 9.97. The Bertz CT molecular complexity index is 893. The van der Waals surface area contributed by atoms with E-state index in [-0.39, 0.29) is 18.0 Å². The van der Waals surface area contributed by atoms with Gasteiger partial charge in [-0.1, -0.05) is 19.1 Å². The molecule has 0 spiro atoms. The van der Waals surface area contributed by atoms with E-state index in [2.05, 4.69) is 17.1 Å². The Morgan fingerprint density at radius 1 is 1.19 bits per heavy atom. The smallest absolute Gasteiger partial charge is 0.257 e. The van der Waals surface area contributed by atoms with Crippen LogP contribution in [0.1, 0.15) is 52.5 Å². The molecule has 0 aliphatic carbocycles. The van der Waals surface area contributed by atoms with Gasteiger partial charge in [-0.3, -0.25) is 9.59 Å². The van der Waals surface area contributed by atoms with Crippen molar-refractivity contribution in [1.82, 2.24) is 4.90 Å². The van der Waals surface area contributed by atoms with Crippen molar-refractivity contribution in [3.8, 4) is 0 Å². The molecule has 1 atom stereocenters. The van der Waals surface area contributed by atoms with Gasteiger partial charge in [-0.05, 0) is 61.6 Å². The molecule has 1 saturated heterocycles. The van der Waals surface area contributed by atoms with E-state index in [4.69, 9.17) is 0 Å². The van der Waals surface area contributed by atoms with E-state index >= 15 is 0 Å². The summed E-state index contributed by atoms with van der Waals surface area (Å²) in [7, 11) is 2.01. The van der Waals surface area contributed by atoms with Crippen molar-refractivity contribution in [2.24, 2.45) is 0 Å². The number of hydrogen-bond donors (Lipinski definition) is 1. The summed E-state index contributed by atoms with van der Waals surface area (Å²) in [6.07, 6.45) is 4.18. The third-order valence-electron chi connectivity index (χ3n) is 5.64. The Kier molecular flexibility index (Phi) is 4.60. The Morgan fingerprint density at radius 3 is 2.85 bits per heavy atom. The van der Waals surface area contributed by atoms with Gasteiger partial charge in [0.2, 0.25) is 0 Å². The van der Waals surface area contributed by atoms with Crippen molar-refractivity contribution < 1.29 is 9.59 Å². The van der Waals surface area contributed by atoms with Crippen molar-refractivity contribution in [2.75, 3.05) is 23.8 Å². The highest BCUT2D eigenvalue weighted by atomic mass is 16.2. The summed E-state index contributed by atoms with van der Waals surface area (Å²) < 4.78 is 0. The van der Waals surface area contributed by atoms with Gasteiger partial charge in [0.25, 0.3) is 11.8 Å². The molecule has 2 aromatic rings. The van der Waals surface area contributed by atoms with E-state index in [1.54, 1.807) is 12.1 Å². The van der Waals surface area contributed by atoms with Gasteiger partial charge in [0.05, 0.1) is 11.3 Å². The molecule has 1 fully saturated rings. The highest BCUT2D eigenvalue weighted by molar-refractivity contribution is 6.08. The fourth-order valence-electron chi connectivity index (χ4n) is 4.09. The van der Waals surface area contributed by atoms with Crippen molar-refractivity contribution in [2.45, 2.75) is 38.8 Å². The first-order chi connectivity index (χ1) is 13.1. The molecule has 1 N–H and O–H groups in total. The van der Waals surface area contributed by atoms with Crippen LogP contribution in [0.5, 0.6) is 0 Å². The zero-order valence-electron chi connectivity index (χ0n) is 15.9. The van der Waals surface area contributed by atoms with Crippen molar-refractivity contribution in [3.63, 3.8) is 0 Å². The Balaban J connectivity index is 1.61. The minimum absolute atomic E-state index is 0.0791. The molecule has 2 aliphatic rings. The van der Waals surface area contributed by atoms with Gasteiger partial charge < -0.3 is 15.1 Å². The van der Waals surface area contributed by atoms with Crippen LogP contribution in [0.25, 0.3) is 0 Å². The van der Waals surface area contributed by atoms with Gasteiger partial charge in [-0.2, -0.15) is 0 Å². The Hall–Kier alpha value is -2.82.